The number of aryl methyl sites for hydroxylation is 1. The number of hydrogen-bond donors (Lipinski definition) is 1. The predicted octanol–water partition coefficient (Wildman–Crippen LogP) is 4.00. The van der Waals surface area contributed by atoms with Crippen molar-refractivity contribution in [2.24, 2.45) is 0 Å². The normalized spacial score (nSPS) is 10.8. The summed E-state index contributed by atoms with van der Waals surface area (Å²) in [5.41, 5.74) is 4.15. The van der Waals surface area contributed by atoms with Crippen molar-refractivity contribution in [1.29, 1.82) is 0 Å². The standard InChI is InChI=1S/C20H24N4O/c1-4-17-19(24-14-8-7-9-18(24)22-17)20(25)21-15-10-12-16(13-11-15)23(5-2)6-3/h7-14H,4-6H2,1-3H3,(H,21,25). The van der Waals surface area contributed by atoms with Gasteiger partial charge in [0.05, 0.1) is 5.69 Å². The van der Waals surface area contributed by atoms with Gasteiger partial charge in [-0.2, -0.15) is 0 Å². The Labute approximate surface area is 148 Å². The fraction of sp³-hybridized carbons (Fsp3) is 0.300. The van der Waals surface area contributed by atoms with Crippen molar-refractivity contribution in [2.45, 2.75) is 27.2 Å². The molecule has 5 heteroatoms. The molecule has 0 spiro atoms. The Kier molecular flexibility index (Phi) is 5.03. The number of nitrogens with zero attached hydrogens (tertiary/aromatic N) is 3. The van der Waals surface area contributed by atoms with Crippen LogP contribution in [0.25, 0.3) is 5.65 Å². The van der Waals surface area contributed by atoms with Crippen LogP contribution in [0.4, 0.5) is 11.4 Å². The first-order valence-electron chi connectivity index (χ1n) is 8.80. The van der Waals surface area contributed by atoms with Crippen molar-refractivity contribution in [3.63, 3.8) is 0 Å². The van der Waals surface area contributed by atoms with Gasteiger partial charge in [-0.15, -0.1) is 0 Å². The number of rotatable bonds is 6. The summed E-state index contributed by atoms with van der Waals surface area (Å²) in [6.45, 7) is 8.21. The molecule has 0 unspecified atom stereocenters. The lowest BCUT2D eigenvalue weighted by atomic mass is 10.2. The summed E-state index contributed by atoms with van der Waals surface area (Å²) in [5, 5.41) is 3.00. The molecule has 0 aliphatic rings. The van der Waals surface area contributed by atoms with Crippen LogP contribution in [0.5, 0.6) is 0 Å². The largest absolute Gasteiger partial charge is 0.372 e. The molecule has 130 valence electrons. The summed E-state index contributed by atoms with van der Waals surface area (Å²) in [7, 11) is 0. The molecule has 2 heterocycles. The lowest BCUT2D eigenvalue weighted by Crippen LogP contribution is -2.21. The summed E-state index contributed by atoms with van der Waals surface area (Å²) in [4.78, 5) is 19.6. The molecule has 0 aliphatic carbocycles. The first-order valence-corrected chi connectivity index (χ1v) is 8.80. The second-order valence-corrected chi connectivity index (χ2v) is 5.86. The lowest BCUT2D eigenvalue weighted by Gasteiger charge is -2.21. The van der Waals surface area contributed by atoms with E-state index in [0.717, 1.165) is 35.8 Å². The Hall–Kier alpha value is -2.82. The number of anilines is 2. The average molecular weight is 336 g/mol. The van der Waals surface area contributed by atoms with E-state index in [9.17, 15) is 4.79 Å². The molecule has 5 nitrogen and oxygen atoms in total. The van der Waals surface area contributed by atoms with Gasteiger partial charge in [0.2, 0.25) is 0 Å². The van der Waals surface area contributed by atoms with Crippen LogP contribution in [0.1, 0.15) is 37.0 Å². The molecule has 0 radical (unpaired) electrons. The van der Waals surface area contributed by atoms with E-state index in [4.69, 9.17) is 0 Å². The third-order valence-corrected chi connectivity index (χ3v) is 4.41. The van der Waals surface area contributed by atoms with Crippen molar-refractivity contribution in [2.75, 3.05) is 23.3 Å². The summed E-state index contributed by atoms with van der Waals surface area (Å²) in [5.74, 6) is -0.133. The Bertz CT molecular complexity index is 863. The maximum Gasteiger partial charge on any atom is 0.274 e. The highest BCUT2D eigenvalue weighted by Crippen LogP contribution is 2.20. The van der Waals surface area contributed by atoms with Crippen LogP contribution in [-0.2, 0) is 6.42 Å². The topological polar surface area (TPSA) is 49.6 Å². The number of nitrogens with one attached hydrogen (secondary N) is 1. The minimum atomic E-state index is -0.133. The zero-order valence-electron chi connectivity index (χ0n) is 15.0. The van der Waals surface area contributed by atoms with Crippen LogP contribution >= 0.6 is 0 Å². The van der Waals surface area contributed by atoms with E-state index in [0.29, 0.717) is 12.1 Å². The molecule has 0 saturated heterocycles. The minimum absolute atomic E-state index is 0.133. The molecule has 1 amide bonds. The molecule has 1 N–H and O–H groups in total. The molecule has 0 atom stereocenters. The van der Waals surface area contributed by atoms with Gasteiger partial charge in [0.15, 0.2) is 0 Å². The van der Waals surface area contributed by atoms with Gasteiger partial charge in [-0.3, -0.25) is 9.20 Å². The summed E-state index contributed by atoms with van der Waals surface area (Å²) < 4.78 is 1.85. The van der Waals surface area contributed by atoms with Gasteiger partial charge in [0, 0.05) is 30.7 Å². The van der Waals surface area contributed by atoms with E-state index in [1.54, 1.807) is 0 Å². The van der Waals surface area contributed by atoms with E-state index < -0.39 is 0 Å². The van der Waals surface area contributed by atoms with Crippen LogP contribution < -0.4 is 10.2 Å². The molecule has 25 heavy (non-hydrogen) atoms. The first kappa shape index (κ1) is 17.0. The molecule has 0 aliphatic heterocycles. The molecule has 2 aromatic heterocycles. The Morgan fingerprint density at radius 1 is 1.08 bits per heavy atom. The third-order valence-electron chi connectivity index (χ3n) is 4.41. The van der Waals surface area contributed by atoms with Gasteiger partial charge in [-0.1, -0.05) is 13.0 Å². The molecule has 0 saturated carbocycles. The SMILES string of the molecule is CCc1nc2ccccn2c1C(=O)Nc1ccc(N(CC)CC)cc1. The van der Waals surface area contributed by atoms with E-state index in [1.165, 1.54) is 0 Å². The van der Waals surface area contributed by atoms with Crippen LogP contribution in [0.15, 0.2) is 48.7 Å². The molecule has 3 aromatic rings. The monoisotopic (exact) mass is 336 g/mol. The number of fused-ring (bicyclic) bond motifs is 1. The highest BCUT2D eigenvalue weighted by atomic mass is 16.2. The molecule has 1 aromatic carbocycles. The average Bonchev–Trinajstić information content (AvgIpc) is 3.03. The van der Waals surface area contributed by atoms with E-state index in [-0.39, 0.29) is 5.91 Å². The molecular formula is C20H24N4O. The Balaban J connectivity index is 1.85. The Morgan fingerprint density at radius 3 is 2.44 bits per heavy atom. The van der Waals surface area contributed by atoms with Gasteiger partial charge in [0.1, 0.15) is 11.3 Å². The Morgan fingerprint density at radius 2 is 1.80 bits per heavy atom. The van der Waals surface area contributed by atoms with Crippen molar-refractivity contribution in [1.82, 2.24) is 9.38 Å². The number of aromatic nitrogens is 2. The number of amides is 1. The second-order valence-electron chi connectivity index (χ2n) is 5.86. The zero-order chi connectivity index (χ0) is 17.8. The second kappa shape index (κ2) is 7.38. The molecular weight excluding hydrogens is 312 g/mol. The third kappa shape index (κ3) is 3.36. The fourth-order valence-corrected chi connectivity index (χ4v) is 3.07. The van der Waals surface area contributed by atoms with Gasteiger partial charge in [-0.25, -0.2) is 4.98 Å². The van der Waals surface area contributed by atoms with E-state index >= 15 is 0 Å². The summed E-state index contributed by atoms with van der Waals surface area (Å²) in [6, 6.07) is 13.7. The number of benzene rings is 1. The zero-order valence-corrected chi connectivity index (χ0v) is 15.0. The maximum atomic E-state index is 12.8. The van der Waals surface area contributed by atoms with Gasteiger partial charge < -0.3 is 10.2 Å². The fourth-order valence-electron chi connectivity index (χ4n) is 3.07. The highest BCUT2D eigenvalue weighted by molar-refractivity contribution is 6.04. The maximum absolute atomic E-state index is 12.8. The number of carbonyl (C=O) groups is 1. The predicted molar refractivity (Wildman–Crippen MR) is 103 cm³/mol. The van der Waals surface area contributed by atoms with Crippen molar-refractivity contribution in [3.8, 4) is 0 Å². The van der Waals surface area contributed by atoms with Crippen molar-refractivity contribution in [3.05, 3.63) is 60.0 Å². The van der Waals surface area contributed by atoms with Crippen LogP contribution in [0.2, 0.25) is 0 Å². The quantitative estimate of drug-likeness (QED) is 0.740. The van der Waals surface area contributed by atoms with Crippen LogP contribution in [-0.4, -0.2) is 28.4 Å². The molecule has 0 fully saturated rings. The molecule has 0 bridgehead atoms. The lowest BCUT2D eigenvalue weighted by molar-refractivity contribution is 0.102. The number of pyridine rings is 1. The van der Waals surface area contributed by atoms with Gasteiger partial charge in [-0.05, 0) is 56.7 Å². The van der Waals surface area contributed by atoms with Crippen LogP contribution in [0, 0.1) is 0 Å². The highest BCUT2D eigenvalue weighted by Gasteiger charge is 2.18. The summed E-state index contributed by atoms with van der Waals surface area (Å²) >= 11 is 0. The van der Waals surface area contributed by atoms with Gasteiger partial charge >= 0.3 is 0 Å². The van der Waals surface area contributed by atoms with E-state index in [1.807, 2.05) is 60.0 Å². The van der Waals surface area contributed by atoms with Crippen LogP contribution in [0.3, 0.4) is 0 Å². The first-order chi connectivity index (χ1) is 12.2. The van der Waals surface area contributed by atoms with Crippen molar-refractivity contribution < 1.29 is 4.79 Å². The molecule has 3 rings (SSSR count). The smallest absolute Gasteiger partial charge is 0.274 e. The number of imidazole rings is 1. The van der Waals surface area contributed by atoms with E-state index in [2.05, 4.69) is 29.0 Å². The van der Waals surface area contributed by atoms with Gasteiger partial charge in [0.25, 0.3) is 5.91 Å². The number of carbonyl (C=O) groups excluding carboxylic acids is 1. The number of hydrogen-bond acceptors (Lipinski definition) is 3. The minimum Gasteiger partial charge on any atom is -0.372 e. The van der Waals surface area contributed by atoms with Crippen molar-refractivity contribution >= 4 is 22.9 Å². The summed E-state index contributed by atoms with van der Waals surface area (Å²) in [6.07, 6.45) is 2.59.